The quantitative estimate of drug-likeness (QED) is 0.764. The minimum absolute atomic E-state index is 0.142. The first kappa shape index (κ1) is 15.9. The van der Waals surface area contributed by atoms with E-state index in [0.29, 0.717) is 22.1 Å². The first-order chi connectivity index (χ1) is 11.5. The Kier molecular flexibility index (Phi) is 4.39. The van der Waals surface area contributed by atoms with Crippen molar-refractivity contribution >= 4 is 23.2 Å². The second kappa shape index (κ2) is 6.64. The Morgan fingerprint density at radius 2 is 1.75 bits per heavy atom. The highest BCUT2D eigenvalue weighted by Crippen LogP contribution is 2.17. The maximum atomic E-state index is 12.9. The number of carbonyl (C=O) groups is 1. The van der Waals surface area contributed by atoms with Gasteiger partial charge in [-0.1, -0.05) is 11.6 Å². The number of aromatic amines is 1. The molecule has 0 bridgehead atoms. The van der Waals surface area contributed by atoms with Crippen molar-refractivity contribution in [2.75, 3.05) is 5.32 Å². The van der Waals surface area contributed by atoms with E-state index in [2.05, 4.69) is 15.3 Å². The number of carbonyl (C=O) groups excluding carboxylic acids is 1. The molecule has 1 amide bonds. The molecule has 0 aliphatic carbocycles. The predicted octanol–water partition coefficient (Wildman–Crippen LogP) is 3.48. The van der Waals surface area contributed by atoms with Gasteiger partial charge in [0.15, 0.2) is 0 Å². The first-order valence-corrected chi connectivity index (χ1v) is 7.33. The molecule has 1 aromatic heterocycles. The Morgan fingerprint density at radius 1 is 1.08 bits per heavy atom. The molecule has 1 heterocycles. The Balaban J connectivity index is 1.84. The van der Waals surface area contributed by atoms with Crippen molar-refractivity contribution in [2.24, 2.45) is 0 Å². The van der Waals surface area contributed by atoms with E-state index in [1.165, 1.54) is 30.5 Å². The number of nitrogens with one attached hydrogen (secondary N) is 2. The van der Waals surface area contributed by atoms with Gasteiger partial charge >= 0.3 is 0 Å². The average Bonchev–Trinajstić information content (AvgIpc) is 2.57. The number of rotatable bonds is 3. The van der Waals surface area contributed by atoms with Crippen molar-refractivity contribution in [3.05, 3.63) is 81.5 Å². The van der Waals surface area contributed by atoms with E-state index in [-0.39, 0.29) is 5.56 Å². The van der Waals surface area contributed by atoms with Crippen molar-refractivity contribution in [1.82, 2.24) is 9.97 Å². The number of hydrogen-bond donors (Lipinski definition) is 2. The normalized spacial score (nSPS) is 10.4. The Hall–Kier alpha value is -2.99. The van der Waals surface area contributed by atoms with Crippen molar-refractivity contribution in [1.29, 1.82) is 0 Å². The highest BCUT2D eigenvalue weighted by molar-refractivity contribution is 6.30. The van der Waals surface area contributed by atoms with Gasteiger partial charge in [-0.05, 0) is 48.5 Å². The van der Waals surface area contributed by atoms with Crippen LogP contribution in [-0.4, -0.2) is 15.9 Å². The van der Waals surface area contributed by atoms with Gasteiger partial charge in [0.2, 0.25) is 0 Å². The molecule has 7 heteroatoms. The fourth-order valence-corrected chi connectivity index (χ4v) is 2.17. The maximum absolute atomic E-state index is 12.9. The van der Waals surface area contributed by atoms with Crippen molar-refractivity contribution < 1.29 is 9.18 Å². The zero-order valence-corrected chi connectivity index (χ0v) is 13.0. The van der Waals surface area contributed by atoms with Crippen LogP contribution in [0.5, 0.6) is 0 Å². The SMILES string of the molecule is O=C(Nc1ccc(F)cc1)c1cnc(-c2ccc(Cl)cc2)[nH]c1=O. The monoisotopic (exact) mass is 343 g/mol. The molecule has 0 spiro atoms. The first-order valence-electron chi connectivity index (χ1n) is 6.95. The molecule has 0 unspecified atom stereocenters. The summed E-state index contributed by atoms with van der Waals surface area (Å²) < 4.78 is 12.9. The summed E-state index contributed by atoms with van der Waals surface area (Å²) >= 11 is 5.82. The summed E-state index contributed by atoms with van der Waals surface area (Å²) in [6, 6.07) is 12.0. The molecule has 2 N–H and O–H groups in total. The highest BCUT2D eigenvalue weighted by Gasteiger charge is 2.13. The Labute approximate surface area is 141 Å². The smallest absolute Gasteiger partial charge is 0.264 e. The van der Waals surface area contributed by atoms with Gasteiger partial charge in [-0.2, -0.15) is 0 Å². The largest absolute Gasteiger partial charge is 0.322 e. The van der Waals surface area contributed by atoms with Crippen LogP contribution in [-0.2, 0) is 0 Å². The number of anilines is 1. The summed E-state index contributed by atoms with van der Waals surface area (Å²) in [7, 11) is 0. The number of amides is 1. The van der Waals surface area contributed by atoms with Gasteiger partial charge in [0.1, 0.15) is 17.2 Å². The lowest BCUT2D eigenvalue weighted by molar-refractivity contribution is 0.102. The van der Waals surface area contributed by atoms with Crippen LogP contribution in [0.2, 0.25) is 5.02 Å². The van der Waals surface area contributed by atoms with E-state index in [9.17, 15) is 14.0 Å². The van der Waals surface area contributed by atoms with E-state index in [1.807, 2.05) is 0 Å². The van der Waals surface area contributed by atoms with Crippen LogP contribution in [0.25, 0.3) is 11.4 Å². The third-order valence-corrected chi connectivity index (χ3v) is 3.52. The van der Waals surface area contributed by atoms with Gasteiger partial charge in [0.05, 0.1) is 0 Å². The number of benzene rings is 2. The molecule has 0 aliphatic rings. The predicted molar refractivity (Wildman–Crippen MR) is 89.7 cm³/mol. The van der Waals surface area contributed by atoms with E-state index in [1.54, 1.807) is 24.3 Å². The molecule has 0 radical (unpaired) electrons. The van der Waals surface area contributed by atoms with Gasteiger partial charge in [-0.15, -0.1) is 0 Å². The van der Waals surface area contributed by atoms with Crippen LogP contribution in [0.1, 0.15) is 10.4 Å². The summed E-state index contributed by atoms with van der Waals surface area (Å²) in [6.45, 7) is 0. The number of nitrogens with zero attached hydrogens (tertiary/aromatic N) is 1. The molecular weight excluding hydrogens is 333 g/mol. The average molecular weight is 344 g/mol. The van der Waals surface area contributed by atoms with Crippen molar-refractivity contribution in [3.63, 3.8) is 0 Å². The molecular formula is C17H11ClFN3O2. The molecule has 3 rings (SSSR count). The topological polar surface area (TPSA) is 74.8 Å². The fraction of sp³-hybridized carbons (Fsp3) is 0. The highest BCUT2D eigenvalue weighted by atomic mass is 35.5. The lowest BCUT2D eigenvalue weighted by Gasteiger charge is -2.06. The Bertz CT molecular complexity index is 937. The summed E-state index contributed by atoms with van der Waals surface area (Å²) in [5, 5.41) is 3.08. The molecule has 24 heavy (non-hydrogen) atoms. The zero-order chi connectivity index (χ0) is 17.1. The maximum Gasteiger partial charge on any atom is 0.264 e. The molecule has 2 aromatic carbocycles. The Morgan fingerprint density at radius 3 is 2.38 bits per heavy atom. The standard InChI is InChI=1S/C17H11ClFN3O2/c18-11-3-1-10(2-4-11)15-20-9-14(17(24)22-15)16(23)21-13-7-5-12(19)6-8-13/h1-9H,(H,21,23)(H,20,22,24). The van der Waals surface area contributed by atoms with Gasteiger partial charge in [0, 0.05) is 22.5 Å². The molecule has 0 aliphatic heterocycles. The molecule has 0 saturated heterocycles. The molecule has 3 aromatic rings. The molecule has 5 nitrogen and oxygen atoms in total. The summed E-state index contributed by atoms with van der Waals surface area (Å²) in [4.78, 5) is 30.9. The third-order valence-electron chi connectivity index (χ3n) is 3.26. The van der Waals surface area contributed by atoms with Gasteiger partial charge in [0.25, 0.3) is 11.5 Å². The van der Waals surface area contributed by atoms with Crippen molar-refractivity contribution in [2.45, 2.75) is 0 Å². The summed E-state index contributed by atoms with van der Waals surface area (Å²) in [5.41, 5.74) is 0.330. The van der Waals surface area contributed by atoms with E-state index in [4.69, 9.17) is 11.6 Å². The number of hydrogen-bond acceptors (Lipinski definition) is 3. The van der Waals surface area contributed by atoms with Crippen LogP contribution < -0.4 is 10.9 Å². The van der Waals surface area contributed by atoms with Crippen LogP contribution in [0, 0.1) is 5.82 Å². The van der Waals surface area contributed by atoms with Crippen molar-refractivity contribution in [3.8, 4) is 11.4 Å². The van der Waals surface area contributed by atoms with Gasteiger partial charge in [-0.3, -0.25) is 9.59 Å². The van der Waals surface area contributed by atoms with Crippen LogP contribution in [0.4, 0.5) is 10.1 Å². The number of aromatic nitrogens is 2. The number of H-pyrrole nitrogens is 1. The molecule has 0 fully saturated rings. The minimum atomic E-state index is -0.627. The lowest BCUT2D eigenvalue weighted by Crippen LogP contribution is -2.24. The van der Waals surface area contributed by atoms with Crippen LogP contribution in [0.3, 0.4) is 0 Å². The van der Waals surface area contributed by atoms with Crippen LogP contribution in [0.15, 0.2) is 59.5 Å². The van der Waals surface area contributed by atoms with Crippen LogP contribution >= 0.6 is 11.6 Å². The summed E-state index contributed by atoms with van der Waals surface area (Å²) in [5.74, 6) is -0.715. The molecule has 120 valence electrons. The second-order valence-electron chi connectivity index (χ2n) is 4.94. The van der Waals surface area contributed by atoms with E-state index >= 15 is 0 Å². The summed E-state index contributed by atoms with van der Waals surface area (Å²) in [6.07, 6.45) is 1.20. The number of halogens is 2. The van der Waals surface area contributed by atoms with E-state index in [0.717, 1.165) is 0 Å². The molecule has 0 saturated carbocycles. The fourth-order valence-electron chi connectivity index (χ4n) is 2.04. The third kappa shape index (κ3) is 3.49. The van der Waals surface area contributed by atoms with E-state index < -0.39 is 17.3 Å². The zero-order valence-electron chi connectivity index (χ0n) is 12.2. The minimum Gasteiger partial charge on any atom is -0.322 e. The van der Waals surface area contributed by atoms with Gasteiger partial charge in [-0.25, -0.2) is 9.37 Å². The van der Waals surface area contributed by atoms with Gasteiger partial charge < -0.3 is 10.3 Å². The lowest BCUT2D eigenvalue weighted by atomic mass is 10.2. The molecule has 0 atom stereocenters. The second-order valence-corrected chi connectivity index (χ2v) is 5.38.